The van der Waals surface area contributed by atoms with Crippen molar-refractivity contribution in [3.63, 3.8) is 0 Å². The number of aromatic hydroxyl groups is 1. The molecule has 3 aromatic rings. The summed E-state index contributed by atoms with van der Waals surface area (Å²) in [7, 11) is 0. The Hall–Kier alpha value is -2.58. The number of nitrogens with zero attached hydrogens (tertiary/aromatic N) is 2. The van der Waals surface area contributed by atoms with Crippen LogP contribution in [0, 0.1) is 0 Å². The second kappa shape index (κ2) is 7.12. The van der Waals surface area contributed by atoms with Crippen LogP contribution in [0.15, 0.2) is 36.4 Å². The van der Waals surface area contributed by atoms with E-state index >= 15 is 0 Å². The number of aromatic nitrogens is 2. The summed E-state index contributed by atoms with van der Waals surface area (Å²) in [5.74, 6) is 0.0191. The number of phenolic OH excluding ortho intramolecular Hbond substituents is 1. The first-order valence-corrected chi connectivity index (χ1v) is 8.75. The molecule has 0 saturated carbocycles. The van der Waals surface area contributed by atoms with Crippen molar-refractivity contribution in [1.29, 1.82) is 0 Å². The van der Waals surface area contributed by atoms with Gasteiger partial charge in [-0.15, -0.1) is 0 Å². The third-order valence-corrected chi connectivity index (χ3v) is 4.44. The van der Waals surface area contributed by atoms with Gasteiger partial charge in [-0.05, 0) is 54.0 Å². The molecule has 3 N–H and O–H groups in total. The second-order valence-corrected chi connectivity index (χ2v) is 6.74. The molecule has 0 bridgehead atoms. The van der Waals surface area contributed by atoms with E-state index in [1.165, 1.54) is 0 Å². The Kier molecular flexibility index (Phi) is 4.91. The number of hydrogen-bond acceptors (Lipinski definition) is 6. The predicted molar refractivity (Wildman–Crippen MR) is 103 cm³/mol. The number of fused-ring (bicyclic) bond motifs is 1. The molecule has 1 amide bonds. The molecule has 6 nitrogen and oxygen atoms in total. The summed E-state index contributed by atoms with van der Waals surface area (Å²) in [5.41, 5.74) is 3.35. The molecule has 3 rings (SSSR count). The highest BCUT2D eigenvalue weighted by atomic mass is 32.1. The third kappa shape index (κ3) is 3.92. The molecular formula is C17H16N4O2S2. The smallest absolute Gasteiger partial charge is 0.257 e. The minimum atomic E-state index is -0.355. The van der Waals surface area contributed by atoms with Crippen LogP contribution in [-0.4, -0.2) is 24.9 Å². The van der Waals surface area contributed by atoms with Crippen molar-refractivity contribution in [3.05, 3.63) is 47.5 Å². The highest BCUT2D eigenvalue weighted by Crippen LogP contribution is 2.27. The lowest BCUT2D eigenvalue weighted by molar-refractivity contribution is 0.0978. The number of nitrogens with one attached hydrogen (secondary N) is 2. The summed E-state index contributed by atoms with van der Waals surface area (Å²) in [5, 5.41) is 15.5. The third-order valence-electron chi connectivity index (χ3n) is 3.68. The van der Waals surface area contributed by atoms with Crippen LogP contribution in [0.2, 0.25) is 0 Å². The van der Waals surface area contributed by atoms with Gasteiger partial charge in [0.1, 0.15) is 16.8 Å². The van der Waals surface area contributed by atoms with Crippen molar-refractivity contribution in [2.24, 2.45) is 0 Å². The summed E-state index contributed by atoms with van der Waals surface area (Å²) in [6, 6.07) is 10.3. The zero-order valence-corrected chi connectivity index (χ0v) is 15.2. The van der Waals surface area contributed by atoms with Crippen molar-refractivity contribution in [2.45, 2.75) is 19.8 Å². The van der Waals surface area contributed by atoms with Crippen molar-refractivity contribution in [1.82, 2.24) is 14.1 Å². The van der Waals surface area contributed by atoms with Gasteiger partial charge in [0.25, 0.3) is 5.91 Å². The van der Waals surface area contributed by atoms with Crippen molar-refractivity contribution < 1.29 is 9.90 Å². The van der Waals surface area contributed by atoms with Crippen LogP contribution < -0.4 is 10.6 Å². The van der Waals surface area contributed by atoms with Crippen molar-refractivity contribution >= 4 is 51.7 Å². The predicted octanol–water partition coefficient (Wildman–Crippen LogP) is 3.65. The largest absolute Gasteiger partial charge is 0.506 e. The quantitative estimate of drug-likeness (QED) is 0.481. The van der Waals surface area contributed by atoms with E-state index in [0.717, 1.165) is 22.8 Å². The first-order chi connectivity index (χ1) is 11.9. The Morgan fingerprint density at radius 2 is 1.92 bits per heavy atom. The van der Waals surface area contributed by atoms with Crippen LogP contribution in [0.1, 0.15) is 35.7 Å². The van der Waals surface area contributed by atoms with Gasteiger partial charge in [-0.25, -0.2) is 0 Å². The van der Waals surface area contributed by atoms with E-state index in [2.05, 4.69) is 33.2 Å². The van der Waals surface area contributed by atoms with Gasteiger partial charge in [-0.2, -0.15) is 8.75 Å². The summed E-state index contributed by atoms with van der Waals surface area (Å²) in [4.78, 5) is 12.3. The molecule has 0 saturated heterocycles. The van der Waals surface area contributed by atoms with Crippen molar-refractivity contribution in [3.8, 4) is 5.75 Å². The Balaban J connectivity index is 1.71. The van der Waals surface area contributed by atoms with Gasteiger partial charge in [0.05, 0.1) is 17.4 Å². The van der Waals surface area contributed by atoms with Gasteiger partial charge in [0.2, 0.25) is 0 Å². The van der Waals surface area contributed by atoms with E-state index in [1.54, 1.807) is 24.3 Å². The van der Waals surface area contributed by atoms with Gasteiger partial charge in [0.15, 0.2) is 5.11 Å². The maximum atomic E-state index is 12.3. The molecule has 1 heterocycles. The molecule has 0 atom stereocenters. The molecule has 0 spiro atoms. The van der Waals surface area contributed by atoms with E-state index in [9.17, 15) is 9.90 Å². The summed E-state index contributed by atoms with van der Waals surface area (Å²) in [6.07, 6.45) is 0. The number of hydrogen-bond donors (Lipinski definition) is 3. The SMILES string of the molecule is CC(C)c1ccc(O)c(NC(=S)NC(=O)c2ccc3nsnc3c2)c1. The van der Waals surface area contributed by atoms with E-state index < -0.39 is 0 Å². The fourth-order valence-corrected chi connectivity index (χ4v) is 2.99. The summed E-state index contributed by atoms with van der Waals surface area (Å²) in [6.45, 7) is 4.11. The molecule has 0 radical (unpaired) electrons. The standard InChI is InChI=1S/C17H16N4O2S2/c1-9(2)10-4-6-15(22)14(7-10)18-17(24)19-16(23)11-3-5-12-13(8-11)21-25-20-12/h3-9,22H,1-2H3,(H2,18,19,23,24). The number of amides is 1. The monoisotopic (exact) mass is 372 g/mol. The van der Waals surface area contributed by atoms with E-state index in [-0.39, 0.29) is 16.8 Å². The lowest BCUT2D eigenvalue weighted by Crippen LogP contribution is -2.34. The van der Waals surface area contributed by atoms with E-state index in [4.69, 9.17) is 12.2 Å². The second-order valence-electron chi connectivity index (χ2n) is 5.81. The molecule has 0 unspecified atom stereocenters. The minimum absolute atomic E-state index is 0.0657. The van der Waals surface area contributed by atoms with Crippen LogP contribution >= 0.6 is 23.9 Å². The number of benzene rings is 2. The molecule has 2 aromatic carbocycles. The Morgan fingerprint density at radius 1 is 1.16 bits per heavy atom. The molecule has 25 heavy (non-hydrogen) atoms. The van der Waals surface area contributed by atoms with Crippen LogP contribution in [0.5, 0.6) is 5.75 Å². The number of carbonyl (C=O) groups excluding carboxylic acids is 1. The molecular weight excluding hydrogens is 356 g/mol. The first-order valence-electron chi connectivity index (χ1n) is 7.61. The van der Waals surface area contributed by atoms with Crippen LogP contribution in [0.25, 0.3) is 11.0 Å². The molecule has 0 aliphatic rings. The first kappa shape index (κ1) is 17.2. The maximum absolute atomic E-state index is 12.3. The number of anilines is 1. The summed E-state index contributed by atoms with van der Waals surface area (Å²) < 4.78 is 8.22. The number of phenols is 1. The molecule has 8 heteroatoms. The van der Waals surface area contributed by atoms with Crippen LogP contribution in [-0.2, 0) is 0 Å². The average molecular weight is 372 g/mol. The maximum Gasteiger partial charge on any atom is 0.257 e. The Labute approximate surface area is 154 Å². The Morgan fingerprint density at radius 3 is 2.68 bits per heavy atom. The Bertz CT molecular complexity index is 953. The molecule has 128 valence electrons. The van der Waals surface area contributed by atoms with Gasteiger partial charge in [-0.3, -0.25) is 10.1 Å². The van der Waals surface area contributed by atoms with E-state index in [0.29, 0.717) is 22.7 Å². The van der Waals surface area contributed by atoms with Crippen LogP contribution in [0.3, 0.4) is 0 Å². The fraction of sp³-hybridized carbons (Fsp3) is 0.176. The van der Waals surface area contributed by atoms with Crippen molar-refractivity contribution in [2.75, 3.05) is 5.32 Å². The highest BCUT2D eigenvalue weighted by Gasteiger charge is 2.12. The highest BCUT2D eigenvalue weighted by molar-refractivity contribution is 7.80. The lowest BCUT2D eigenvalue weighted by atomic mass is 10.0. The van der Waals surface area contributed by atoms with Gasteiger partial charge in [-0.1, -0.05) is 19.9 Å². The summed E-state index contributed by atoms with van der Waals surface area (Å²) >= 11 is 6.28. The number of carbonyl (C=O) groups is 1. The molecule has 0 aliphatic carbocycles. The van der Waals surface area contributed by atoms with Gasteiger partial charge < -0.3 is 10.4 Å². The number of rotatable bonds is 3. The fourth-order valence-electron chi connectivity index (χ4n) is 2.27. The van der Waals surface area contributed by atoms with E-state index in [1.807, 2.05) is 12.1 Å². The van der Waals surface area contributed by atoms with Crippen LogP contribution in [0.4, 0.5) is 5.69 Å². The lowest BCUT2D eigenvalue weighted by Gasteiger charge is -2.13. The average Bonchev–Trinajstić information content (AvgIpc) is 3.04. The number of thiocarbonyl (C=S) groups is 1. The molecule has 1 aromatic heterocycles. The topological polar surface area (TPSA) is 87.1 Å². The minimum Gasteiger partial charge on any atom is -0.506 e. The normalized spacial score (nSPS) is 10.8. The molecule has 0 aliphatic heterocycles. The zero-order valence-electron chi connectivity index (χ0n) is 13.6. The van der Waals surface area contributed by atoms with Gasteiger partial charge >= 0.3 is 0 Å². The molecule has 0 fully saturated rings. The van der Waals surface area contributed by atoms with Gasteiger partial charge in [0, 0.05) is 5.56 Å². The zero-order chi connectivity index (χ0) is 18.0.